The van der Waals surface area contributed by atoms with Crippen molar-refractivity contribution < 1.29 is 24.9 Å². The van der Waals surface area contributed by atoms with Gasteiger partial charge in [-0.1, -0.05) is 12.1 Å². The second-order valence-corrected chi connectivity index (χ2v) is 8.33. The number of hydrogen-bond acceptors (Lipinski definition) is 7. The molecule has 0 saturated carbocycles. The first kappa shape index (κ1) is 15.8. The number of imidazole rings is 1. The molecule has 36 heavy (non-hydrogen) atoms. The van der Waals surface area contributed by atoms with E-state index in [-0.39, 0.29) is 36.4 Å². The third kappa shape index (κ3) is 4.44. The van der Waals surface area contributed by atoms with E-state index in [1.54, 1.807) is 19.9 Å². The topological polar surface area (TPSA) is 103 Å². The van der Waals surface area contributed by atoms with Crippen molar-refractivity contribution in [3.05, 3.63) is 71.2 Å². The molecule has 4 heterocycles. The van der Waals surface area contributed by atoms with Gasteiger partial charge in [0.25, 0.3) is 5.91 Å². The van der Waals surface area contributed by atoms with Gasteiger partial charge in [0.2, 0.25) is 5.95 Å². The number of methoxy groups -OCH3 is 1. The van der Waals surface area contributed by atoms with Crippen LogP contribution in [0.25, 0.3) is 11.4 Å². The number of carbonyl (C=O) groups is 1. The number of nitrogens with one attached hydrogen (secondary N) is 1. The van der Waals surface area contributed by atoms with Crippen LogP contribution in [0.5, 0.6) is 0 Å². The zero-order chi connectivity index (χ0) is 32.2. The van der Waals surface area contributed by atoms with Crippen LogP contribution in [0.4, 0.5) is 16.2 Å². The minimum absolute atomic E-state index is 0.0252. The summed E-state index contributed by atoms with van der Waals surface area (Å²) in [4.78, 5) is 28.0. The molecule has 1 aliphatic rings. The third-order valence-corrected chi connectivity index (χ3v) is 5.86. The van der Waals surface area contributed by atoms with E-state index in [1.165, 1.54) is 41.4 Å². The fourth-order valence-corrected chi connectivity index (χ4v) is 3.95. The maximum Gasteiger partial charge on any atom is 0.290 e. The summed E-state index contributed by atoms with van der Waals surface area (Å²) >= 11 is 0. The number of nitrogens with zero attached hydrogens (tertiary/aromatic N) is 7. The Balaban J connectivity index is 1.52. The van der Waals surface area contributed by atoms with Gasteiger partial charge >= 0.3 is 0 Å². The molecule has 1 amide bonds. The standard InChI is InChI=1S/C25H27FN8O2/c1-15-5-6-17(9-19(15)26)11-34-18(14-36-4)12-33-13-20(29-23(33)24(34)35)22-16(2)10-27-25(31-22)30-21-7-8-28-32(21)3/h5-10,13,18H,11-12,14H2,1-4H3,(H,27,30,31)/t18-/m1/s1/i3D3,4D3,14D2. The quantitative estimate of drug-likeness (QED) is 0.417. The Hall–Kier alpha value is -4.12. The van der Waals surface area contributed by atoms with E-state index in [2.05, 4.69) is 25.4 Å². The van der Waals surface area contributed by atoms with Crippen molar-refractivity contribution in [1.82, 2.24) is 34.2 Å². The van der Waals surface area contributed by atoms with E-state index in [0.29, 0.717) is 22.4 Å². The van der Waals surface area contributed by atoms with E-state index in [1.807, 2.05) is 0 Å². The van der Waals surface area contributed by atoms with Crippen LogP contribution in [0.3, 0.4) is 0 Å². The number of carbonyl (C=O) groups excluding carboxylic acids is 1. The lowest BCUT2D eigenvalue weighted by atomic mass is 10.1. The molecule has 1 atom stereocenters. The summed E-state index contributed by atoms with van der Waals surface area (Å²) in [5.74, 6) is -1.20. The summed E-state index contributed by atoms with van der Waals surface area (Å²) < 4.78 is 83.6. The number of rotatable bonds is 7. The van der Waals surface area contributed by atoms with Gasteiger partial charge in [-0.25, -0.2) is 19.3 Å². The summed E-state index contributed by atoms with van der Waals surface area (Å²) in [6.45, 7) is -2.59. The Morgan fingerprint density at radius 2 is 2.17 bits per heavy atom. The third-order valence-electron chi connectivity index (χ3n) is 5.86. The van der Waals surface area contributed by atoms with E-state index in [9.17, 15) is 9.18 Å². The first-order valence-corrected chi connectivity index (χ1v) is 10.9. The van der Waals surface area contributed by atoms with Crippen LogP contribution in [0, 0.1) is 19.7 Å². The summed E-state index contributed by atoms with van der Waals surface area (Å²) in [7, 11) is -3.11. The number of ether oxygens (including phenoxy) is 1. The van der Waals surface area contributed by atoms with Gasteiger partial charge < -0.3 is 19.5 Å². The van der Waals surface area contributed by atoms with Crippen LogP contribution in [0.2, 0.25) is 0 Å². The molecule has 0 aliphatic carbocycles. The van der Waals surface area contributed by atoms with Crippen molar-refractivity contribution in [2.24, 2.45) is 6.98 Å². The van der Waals surface area contributed by atoms with Gasteiger partial charge in [-0.15, -0.1) is 0 Å². The van der Waals surface area contributed by atoms with Gasteiger partial charge in [-0.05, 0) is 36.6 Å². The lowest BCUT2D eigenvalue weighted by Gasteiger charge is -2.35. The number of amides is 1. The summed E-state index contributed by atoms with van der Waals surface area (Å²) in [6, 6.07) is 4.34. The van der Waals surface area contributed by atoms with Crippen molar-refractivity contribution in [3.8, 4) is 11.4 Å². The number of fused-ring (bicyclic) bond motifs is 1. The Labute approximate surface area is 219 Å². The molecule has 0 saturated heterocycles. The summed E-state index contributed by atoms with van der Waals surface area (Å²) in [5, 5.41) is 6.63. The molecule has 0 bridgehead atoms. The molecular formula is C25H27FN8O2. The van der Waals surface area contributed by atoms with Crippen molar-refractivity contribution in [2.75, 3.05) is 18.9 Å². The van der Waals surface area contributed by atoms with Gasteiger partial charge in [-0.2, -0.15) is 5.10 Å². The number of hydrogen-bond donors (Lipinski definition) is 1. The van der Waals surface area contributed by atoms with Crippen LogP contribution in [0.15, 0.2) is 42.9 Å². The highest BCUT2D eigenvalue weighted by Gasteiger charge is 2.35. The highest BCUT2D eigenvalue weighted by molar-refractivity contribution is 5.92. The second kappa shape index (κ2) is 9.50. The van der Waals surface area contributed by atoms with E-state index in [0.717, 1.165) is 9.58 Å². The number of aromatic nitrogens is 6. The fraction of sp³-hybridized carbons (Fsp3) is 0.320. The van der Waals surface area contributed by atoms with Crippen molar-refractivity contribution in [1.29, 1.82) is 0 Å². The average Bonchev–Trinajstić information content (AvgIpc) is 3.55. The highest BCUT2D eigenvalue weighted by atomic mass is 19.1. The normalized spacial score (nSPS) is 19.7. The minimum atomic E-state index is -3.11. The number of halogens is 1. The second-order valence-electron chi connectivity index (χ2n) is 8.33. The van der Waals surface area contributed by atoms with Gasteiger partial charge in [0.15, 0.2) is 5.82 Å². The number of aryl methyl sites for hydroxylation is 3. The zero-order valence-electron chi connectivity index (χ0n) is 27.4. The number of anilines is 2. The largest absolute Gasteiger partial charge is 0.382 e. The molecule has 0 spiro atoms. The smallest absolute Gasteiger partial charge is 0.290 e. The first-order valence-electron chi connectivity index (χ1n) is 14.9. The van der Waals surface area contributed by atoms with Crippen LogP contribution in [-0.2, 0) is 24.8 Å². The van der Waals surface area contributed by atoms with E-state index < -0.39 is 38.3 Å². The van der Waals surface area contributed by atoms with E-state index in [4.69, 9.17) is 15.7 Å². The van der Waals surface area contributed by atoms with E-state index >= 15 is 0 Å². The van der Waals surface area contributed by atoms with Crippen molar-refractivity contribution in [3.63, 3.8) is 0 Å². The lowest BCUT2D eigenvalue weighted by molar-refractivity contribution is 0.0380. The van der Waals surface area contributed by atoms with Gasteiger partial charge in [0, 0.05) is 49.7 Å². The monoisotopic (exact) mass is 498 g/mol. The molecule has 10 nitrogen and oxygen atoms in total. The summed E-state index contributed by atoms with van der Waals surface area (Å²) in [5.41, 5.74) is 1.82. The fourth-order valence-electron chi connectivity index (χ4n) is 3.95. The summed E-state index contributed by atoms with van der Waals surface area (Å²) in [6.07, 6.45) is 4.26. The Morgan fingerprint density at radius 1 is 1.28 bits per heavy atom. The Bertz CT molecular complexity index is 1720. The van der Waals surface area contributed by atoms with Crippen LogP contribution in [-0.4, -0.2) is 59.7 Å². The maximum atomic E-state index is 14.3. The average molecular weight is 499 g/mol. The van der Waals surface area contributed by atoms with Crippen LogP contribution in [0.1, 0.15) is 38.3 Å². The molecule has 186 valence electrons. The molecular weight excluding hydrogens is 463 g/mol. The molecule has 4 aromatic rings. The molecule has 1 aliphatic heterocycles. The maximum absolute atomic E-state index is 14.3. The first-order chi connectivity index (χ1) is 20.4. The van der Waals surface area contributed by atoms with Crippen molar-refractivity contribution in [2.45, 2.75) is 33.0 Å². The van der Waals surface area contributed by atoms with Crippen LogP contribution >= 0.6 is 0 Å². The van der Waals surface area contributed by atoms with Gasteiger partial charge in [0.05, 0.1) is 31.3 Å². The molecule has 5 rings (SSSR count). The molecule has 0 unspecified atom stereocenters. The molecule has 0 radical (unpaired) electrons. The number of benzene rings is 1. The molecule has 3 aromatic heterocycles. The zero-order valence-corrected chi connectivity index (χ0v) is 19.4. The lowest BCUT2D eigenvalue weighted by Crippen LogP contribution is -2.49. The SMILES string of the molecule is [2H]C([2H])([2H])OC([2H])([2H])[C@H]1Cn2cc(-c3nc(Nc4ccnn4C([2H])([2H])[2H])ncc3C)nc2C(=O)N1Cc1ccc(C)c(F)c1. The Kier molecular flexibility index (Phi) is 4.17. The van der Waals surface area contributed by atoms with Gasteiger partial charge in [-0.3, -0.25) is 9.48 Å². The molecule has 1 aromatic carbocycles. The Morgan fingerprint density at radius 3 is 2.97 bits per heavy atom. The predicted molar refractivity (Wildman–Crippen MR) is 131 cm³/mol. The molecule has 11 heteroatoms. The predicted octanol–water partition coefficient (Wildman–Crippen LogP) is 3.24. The van der Waals surface area contributed by atoms with Crippen LogP contribution < -0.4 is 5.32 Å². The molecule has 0 fully saturated rings. The molecule has 1 N–H and O–H groups in total. The minimum Gasteiger partial charge on any atom is -0.382 e. The van der Waals surface area contributed by atoms with Crippen molar-refractivity contribution >= 4 is 17.7 Å². The highest BCUT2D eigenvalue weighted by Crippen LogP contribution is 2.27. The van der Waals surface area contributed by atoms with Gasteiger partial charge in [0.1, 0.15) is 17.3 Å².